The van der Waals surface area contributed by atoms with Crippen LogP contribution in [0.3, 0.4) is 0 Å². The molecule has 2 aromatic heterocycles. The van der Waals surface area contributed by atoms with E-state index in [0.717, 1.165) is 0 Å². The van der Waals surface area contributed by atoms with E-state index >= 15 is 0 Å². The first-order valence-electron chi connectivity index (χ1n) is 5.72. The van der Waals surface area contributed by atoms with E-state index in [4.69, 9.17) is 10.00 Å². The van der Waals surface area contributed by atoms with Gasteiger partial charge in [0.05, 0.1) is 0 Å². The summed E-state index contributed by atoms with van der Waals surface area (Å²) in [5.41, 5.74) is 0.882. The van der Waals surface area contributed by atoms with Crippen LogP contribution in [0.1, 0.15) is 5.56 Å². The Morgan fingerprint density at radius 1 is 1.10 bits per heavy atom. The first-order chi connectivity index (χ1) is 9.78. The summed E-state index contributed by atoms with van der Waals surface area (Å²) in [4.78, 5) is 12.3. The fraction of sp³-hybridized carbons (Fsp3) is 0. The van der Waals surface area contributed by atoms with Gasteiger partial charge >= 0.3 is 0 Å². The second kappa shape index (κ2) is 4.90. The van der Waals surface area contributed by atoms with Crippen molar-refractivity contribution in [2.75, 3.05) is 0 Å². The van der Waals surface area contributed by atoms with Crippen molar-refractivity contribution in [3.8, 4) is 17.7 Å². The Balaban J connectivity index is 2.02. The number of halogens is 1. The molecule has 3 rings (SSSR count). The Hall–Kier alpha value is -3.07. The van der Waals surface area contributed by atoms with E-state index < -0.39 is 5.82 Å². The second-order valence-electron chi connectivity index (χ2n) is 3.88. The van der Waals surface area contributed by atoms with E-state index in [2.05, 4.69) is 15.0 Å². The minimum atomic E-state index is -0.634. The van der Waals surface area contributed by atoms with Crippen molar-refractivity contribution < 1.29 is 9.13 Å². The summed E-state index contributed by atoms with van der Waals surface area (Å²) in [5.74, 6) is -0.297. The molecule has 0 radical (unpaired) electrons. The van der Waals surface area contributed by atoms with Crippen LogP contribution in [0.15, 0.2) is 42.7 Å². The normalized spacial score (nSPS) is 10.2. The third-order valence-electron chi connectivity index (χ3n) is 2.61. The quantitative estimate of drug-likeness (QED) is 0.713. The standard InChI is InChI=1S/C14H7FN4O/c15-10-2-1-3-12(9(10)8-16)20-13-5-4-11-14(19-13)18-7-6-17-11/h1-7H. The van der Waals surface area contributed by atoms with Crippen molar-refractivity contribution in [2.24, 2.45) is 0 Å². The fourth-order valence-corrected chi connectivity index (χ4v) is 1.70. The number of nitriles is 1. The summed E-state index contributed by atoms with van der Waals surface area (Å²) in [7, 11) is 0. The Labute approximate surface area is 113 Å². The molecule has 0 N–H and O–H groups in total. The van der Waals surface area contributed by atoms with Gasteiger partial charge in [-0.2, -0.15) is 10.2 Å². The number of hydrogen-bond donors (Lipinski definition) is 0. The van der Waals surface area contributed by atoms with E-state index in [1.807, 2.05) is 0 Å². The number of ether oxygens (including phenoxy) is 1. The molecule has 0 atom stereocenters. The van der Waals surface area contributed by atoms with Crippen LogP contribution in [0.25, 0.3) is 11.2 Å². The van der Waals surface area contributed by atoms with Gasteiger partial charge in [-0.15, -0.1) is 0 Å². The summed E-state index contributed by atoms with van der Waals surface area (Å²) in [6.45, 7) is 0. The van der Waals surface area contributed by atoms with Gasteiger partial charge in [-0.25, -0.2) is 9.37 Å². The molecule has 0 amide bonds. The van der Waals surface area contributed by atoms with Crippen LogP contribution in [-0.2, 0) is 0 Å². The molecule has 5 nitrogen and oxygen atoms in total. The van der Waals surface area contributed by atoms with Crippen molar-refractivity contribution in [3.05, 3.63) is 54.1 Å². The second-order valence-corrected chi connectivity index (χ2v) is 3.88. The zero-order valence-electron chi connectivity index (χ0n) is 10.1. The van der Waals surface area contributed by atoms with Gasteiger partial charge in [-0.1, -0.05) is 6.07 Å². The average Bonchev–Trinajstić information content (AvgIpc) is 2.47. The molecule has 0 saturated carbocycles. The molecule has 20 heavy (non-hydrogen) atoms. The summed E-state index contributed by atoms with van der Waals surface area (Å²) in [5, 5.41) is 8.94. The van der Waals surface area contributed by atoms with Crippen LogP contribution in [0.2, 0.25) is 0 Å². The van der Waals surface area contributed by atoms with Gasteiger partial charge in [0.1, 0.15) is 28.7 Å². The first-order valence-corrected chi connectivity index (χ1v) is 5.72. The molecule has 0 aliphatic heterocycles. The van der Waals surface area contributed by atoms with Crippen molar-refractivity contribution in [2.45, 2.75) is 0 Å². The largest absolute Gasteiger partial charge is 0.437 e. The lowest BCUT2D eigenvalue weighted by atomic mass is 10.2. The average molecular weight is 266 g/mol. The topological polar surface area (TPSA) is 71.7 Å². The third kappa shape index (κ3) is 2.12. The van der Waals surface area contributed by atoms with Crippen LogP contribution < -0.4 is 4.74 Å². The van der Waals surface area contributed by atoms with Gasteiger partial charge < -0.3 is 4.74 Å². The van der Waals surface area contributed by atoms with Crippen LogP contribution in [0.4, 0.5) is 4.39 Å². The highest BCUT2D eigenvalue weighted by Gasteiger charge is 2.10. The lowest BCUT2D eigenvalue weighted by molar-refractivity contribution is 0.457. The zero-order valence-corrected chi connectivity index (χ0v) is 10.1. The Morgan fingerprint density at radius 2 is 1.95 bits per heavy atom. The van der Waals surface area contributed by atoms with Crippen molar-refractivity contribution in [3.63, 3.8) is 0 Å². The number of aromatic nitrogens is 3. The van der Waals surface area contributed by atoms with Crippen molar-refractivity contribution in [1.29, 1.82) is 5.26 Å². The predicted octanol–water partition coefficient (Wildman–Crippen LogP) is 2.83. The Morgan fingerprint density at radius 3 is 2.80 bits per heavy atom. The van der Waals surface area contributed by atoms with Gasteiger partial charge in [-0.05, 0) is 18.2 Å². The molecule has 3 aromatic rings. The molecule has 2 heterocycles. The summed E-state index contributed by atoms with van der Waals surface area (Å²) in [6.07, 6.45) is 3.08. The highest BCUT2D eigenvalue weighted by molar-refractivity contribution is 5.69. The molecule has 1 aromatic carbocycles. The van der Waals surface area contributed by atoms with Gasteiger partial charge in [-0.3, -0.25) is 4.98 Å². The molecule has 0 fully saturated rings. The molecule has 0 saturated heterocycles. The van der Waals surface area contributed by atoms with Crippen molar-refractivity contribution in [1.82, 2.24) is 15.0 Å². The van der Waals surface area contributed by atoms with Crippen LogP contribution in [0.5, 0.6) is 11.6 Å². The Bertz CT molecular complexity index is 829. The molecule has 6 heteroatoms. The highest BCUT2D eigenvalue weighted by Crippen LogP contribution is 2.26. The molecule has 0 unspecified atom stereocenters. The first kappa shape index (κ1) is 12.0. The van der Waals surface area contributed by atoms with Crippen LogP contribution in [-0.4, -0.2) is 15.0 Å². The number of fused-ring (bicyclic) bond motifs is 1. The summed E-state index contributed by atoms with van der Waals surface area (Å²) < 4.78 is 18.9. The zero-order chi connectivity index (χ0) is 13.9. The minimum absolute atomic E-state index is 0.114. The minimum Gasteiger partial charge on any atom is -0.437 e. The molecule has 0 bridgehead atoms. The molecule has 96 valence electrons. The summed E-state index contributed by atoms with van der Waals surface area (Å²) in [6, 6.07) is 9.21. The maximum absolute atomic E-state index is 13.5. The monoisotopic (exact) mass is 266 g/mol. The molecule has 0 aliphatic carbocycles. The lowest BCUT2D eigenvalue weighted by Crippen LogP contribution is -1.94. The maximum atomic E-state index is 13.5. The fourth-order valence-electron chi connectivity index (χ4n) is 1.70. The highest BCUT2D eigenvalue weighted by atomic mass is 19.1. The van der Waals surface area contributed by atoms with E-state index in [9.17, 15) is 4.39 Å². The van der Waals surface area contributed by atoms with Crippen molar-refractivity contribution >= 4 is 11.2 Å². The maximum Gasteiger partial charge on any atom is 0.221 e. The number of rotatable bonds is 2. The van der Waals surface area contributed by atoms with E-state index in [1.54, 1.807) is 24.4 Å². The van der Waals surface area contributed by atoms with Crippen LogP contribution >= 0.6 is 0 Å². The predicted molar refractivity (Wildman–Crippen MR) is 68.5 cm³/mol. The molecule has 0 spiro atoms. The van der Waals surface area contributed by atoms with E-state index in [-0.39, 0.29) is 17.2 Å². The lowest BCUT2D eigenvalue weighted by Gasteiger charge is -2.07. The van der Waals surface area contributed by atoms with Gasteiger partial charge in [0.25, 0.3) is 0 Å². The summed E-state index contributed by atoms with van der Waals surface area (Å²) >= 11 is 0. The van der Waals surface area contributed by atoms with Gasteiger partial charge in [0, 0.05) is 18.5 Å². The van der Waals surface area contributed by atoms with Gasteiger partial charge in [0.2, 0.25) is 5.88 Å². The Kier molecular flexibility index (Phi) is 2.94. The number of pyridine rings is 1. The smallest absolute Gasteiger partial charge is 0.221 e. The molecular weight excluding hydrogens is 259 g/mol. The number of nitrogens with zero attached hydrogens (tertiary/aromatic N) is 4. The SMILES string of the molecule is N#Cc1c(F)cccc1Oc1ccc2nccnc2n1. The third-order valence-corrected chi connectivity index (χ3v) is 2.61. The van der Waals surface area contributed by atoms with E-state index in [1.165, 1.54) is 24.4 Å². The number of hydrogen-bond acceptors (Lipinski definition) is 5. The van der Waals surface area contributed by atoms with Crippen LogP contribution in [0, 0.1) is 17.1 Å². The van der Waals surface area contributed by atoms with Gasteiger partial charge in [0.15, 0.2) is 5.65 Å². The molecule has 0 aliphatic rings. The molecular formula is C14H7FN4O. The van der Waals surface area contributed by atoms with E-state index in [0.29, 0.717) is 11.2 Å². The number of benzene rings is 1.